The highest BCUT2D eigenvalue weighted by Crippen LogP contribution is 2.36. The van der Waals surface area contributed by atoms with Gasteiger partial charge >= 0.3 is 0 Å². The standard InChI is InChI=1S/C22H27FN4O2/c1-15-14-21(29-20-8-4-3-6-18(20)23)25-22(24-15)19-7-5-11-27(19)17-9-12-26(13-10-17)16(2)28/h3-4,6,8,14,17,19H,5,7,9-13H2,1-2H3/t19-/m0/s1. The fourth-order valence-corrected chi connectivity index (χ4v) is 4.42. The van der Waals surface area contributed by atoms with E-state index in [9.17, 15) is 9.18 Å². The summed E-state index contributed by atoms with van der Waals surface area (Å²) >= 11 is 0. The summed E-state index contributed by atoms with van der Waals surface area (Å²) in [7, 11) is 0. The van der Waals surface area contributed by atoms with E-state index >= 15 is 0 Å². The molecule has 2 aliphatic rings. The Balaban J connectivity index is 1.52. The van der Waals surface area contributed by atoms with Crippen LogP contribution in [-0.2, 0) is 4.79 Å². The van der Waals surface area contributed by atoms with E-state index in [2.05, 4.69) is 14.9 Å². The van der Waals surface area contributed by atoms with E-state index < -0.39 is 5.82 Å². The predicted octanol–water partition coefficient (Wildman–Crippen LogP) is 3.86. The van der Waals surface area contributed by atoms with Gasteiger partial charge in [-0.15, -0.1) is 0 Å². The highest BCUT2D eigenvalue weighted by atomic mass is 19.1. The first-order valence-corrected chi connectivity index (χ1v) is 10.3. The third kappa shape index (κ3) is 4.40. The number of halogens is 1. The Morgan fingerprint density at radius 1 is 1.14 bits per heavy atom. The van der Waals surface area contributed by atoms with Crippen LogP contribution in [-0.4, -0.2) is 51.4 Å². The summed E-state index contributed by atoms with van der Waals surface area (Å²) in [5.41, 5.74) is 0.805. The van der Waals surface area contributed by atoms with Gasteiger partial charge in [-0.2, -0.15) is 4.98 Å². The van der Waals surface area contributed by atoms with Gasteiger partial charge in [0.1, 0.15) is 5.82 Å². The van der Waals surface area contributed by atoms with E-state index in [-0.39, 0.29) is 17.7 Å². The fourth-order valence-electron chi connectivity index (χ4n) is 4.42. The molecule has 1 aromatic heterocycles. The molecule has 1 aromatic carbocycles. The molecule has 1 amide bonds. The molecule has 0 N–H and O–H groups in total. The number of hydrogen-bond acceptors (Lipinski definition) is 5. The molecule has 0 saturated carbocycles. The minimum Gasteiger partial charge on any atom is -0.436 e. The second-order valence-corrected chi connectivity index (χ2v) is 7.87. The largest absolute Gasteiger partial charge is 0.436 e. The van der Waals surface area contributed by atoms with Crippen LogP contribution < -0.4 is 4.74 Å². The molecular formula is C22H27FN4O2. The second-order valence-electron chi connectivity index (χ2n) is 7.87. The zero-order chi connectivity index (χ0) is 20.4. The van der Waals surface area contributed by atoms with Crippen LogP contribution in [0, 0.1) is 12.7 Å². The molecule has 0 spiro atoms. The van der Waals surface area contributed by atoms with E-state index in [0.717, 1.165) is 56.8 Å². The maximum atomic E-state index is 14.0. The summed E-state index contributed by atoms with van der Waals surface area (Å²) in [4.78, 5) is 25.3. The second kappa shape index (κ2) is 8.45. The molecule has 2 saturated heterocycles. The van der Waals surface area contributed by atoms with Crippen molar-refractivity contribution in [2.45, 2.75) is 51.6 Å². The van der Waals surface area contributed by atoms with Crippen molar-refractivity contribution in [3.63, 3.8) is 0 Å². The average Bonchev–Trinajstić information content (AvgIpc) is 3.19. The van der Waals surface area contributed by atoms with Crippen LogP contribution in [0.4, 0.5) is 4.39 Å². The van der Waals surface area contributed by atoms with Gasteiger partial charge in [0.05, 0.1) is 6.04 Å². The zero-order valence-electron chi connectivity index (χ0n) is 17.0. The van der Waals surface area contributed by atoms with Crippen LogP contribution in [0.25, 0.3) is 0 Å². The normalized spacial score (nSPS) is 20.8. The molecule has 154 valence electrons. The van der Waals surface area contributed by atoms with Crippen LogP contribution in [0.2, 0.25) is 0 Å². The molecule has 6 nitrogen and oxygen atoms in total. The van der Waals surface area contributed by atoms with Gasteiger partial charge < -0.3 is 9.64 Å². The summed E-state index contributed by atoms with van der Waals surface area (Å²) in [5, 5.41) is 0. The van der Waals surface area contributed by atoms with Gasteiger partial charge in [0.2, 0.25) is 11.8 Å². The molecule has 0 radical (unpaired) electrons. The summed E-state index contributed by atoms with van der Waals surface area (Å²) in [6.07, 6.45) is 4.04. The van der Waals surface area contributed by atoms with Crippen molar-refractivity contribution in [1.29, 1.82) is 0 Å². The SMILES string of the molecule is CC(=O)N1CCC(N2CCC[C@H]2c2nc(C)cc(Oc3ccccc3F)n2)CC1. The first-order valence-electron chi connectivity index (χ1n) is 10.3. The number of likely N-dealkylation sites (tertiary alicyclic amines) is 2. The third-order valence-corrected chi connectivity index (χ3v) is 5.87. The predicted molar refractivity (Wildman–Crippen MR) is 107 cm³/mol. The molecule has 1 atom stereocenters. The lowest BCUT2D eigenvalue weighted by Gasteiger charge is -2.38. The number of carbonyl (C=O) groups is 1. The highest BCUT2D eigenvalue weighted by Gasteiger charge is 2.35. The molecule has 2 aromatic rings. The molecule has 0 unspecified atom stereocenters. The average molecular weight is 398 g/mol. The minimum absolute atomic E-state index is 0.131. The van der Waals surface area contributed by atoms with Crippen molar-refractivity contribution < 1.29 is 13.9 Å². The van der Waals surface area contributed by atoms with Crippen molar-refractivity contribution in [1.82, 2.24) is 19.8 Å². The summed E-state index contributed by atoms with van der Waals surface area (Å²) in [5.74, 6) is 1.01. The Labute approximate surface area is 170 Å². The molecule has 29 heavy (non-hydrogen) atoms. The quantitative estimate of drug-likeness (QED) is 0.783. The van der Waals surface area contributed by atoms with E-state index in [0.29, 0.717) is 11.9 Å². The zero-order valence-corrected chi connectivity index (χ0v) is 17.0. The van der Waals surface area contributed by atoms with Crippen LogP contribution in [0.1, 0.15) is 50.2 Å². The molecule has 0 aliphatic carbocycles. The van der Waals surface area contributed by atoms with Crippen LogP contribution in [0.3, 0.4) is 0 Å². The number of aromatic nitrogens is 2. The van der Waals surface area contributed by atoms with Gasteiger partial charge in [0.25, 0.3) is 0 Å². The minimum atomic E-state index is -0.412. The van der Waals surface area contributed by atoms with Gasteiger partial charge in [-0.1, -0.05) is 12.1 Å². The van der Waals surface area contributed by atoms with Gasteiger partial charge in [0, 0.05) is 37.8 Å². The van der Waals surface area contributed by atoms with Crippen LogP contribution in [0.5, 0.6) is 11.6 Å². The molecule has 3 heterocycles. The molecule has 0 bridgehead atoms. The Kier molecular flexibility index (Phi) is 5.76. The third-order valence-electron chi connectivity index (χ3n) is 5.87. The number of nitrogens with zero attached hydrogens (tertiary/aromatic N) is 4. The maximum absolute atomic E-state index is 14.0. The molecule has 2 aliphatic heterocycles. The first-order chi connectivity index (χ1) is 14.0. The van der Waals surface area contributed by atoms with Crippen LogP contribution in [0.15, 0.2) is 30.3 Å². The number of benzene rings is 1. The van der Waals surface area contributed by atoms with Crippen molar-refractivity contribution in [2.75, 3.05) is 19.6 Å². The van der Waals surface area contributed by atoms with Crippen molar-refractivity contribution in [3.05, 3.63) is 47.7 Å². The molecule has 7 heteroatoms. The number of amides is 1. The summed E-state index contributed by atoms with van der Waals surface area (Å²) in [6, 6.07) is 8.63. The van der Waals surface area contributed by atoms with Crippen molar-refractivity contribution in [3.8, 4) is 11.6 Å². The Bertz CT molecular complexity index is 883. The van der Waals surface area contributed by atoms with E-state index in [1.807, 2.05) is 11.8 Å². The lowest BCUT2D eigenvalue weighted by molar-refractivity contribution is -0.130. The Hall–Kier alpha value is -2.54. The van der Waals surface area contributed by atoms with Crippen LogP contribution >= 0.6 is 0 Å². The monoisotopic (exact) mass is 398 g/mol. The molecule has 2 fully saturated rings. The maximum Gasteiger partial charge on any atom is 0.222 e. The number of hydrogen-bond donors (Lipinski definition) is 0. The number of rotatable bonds is 4. The van der Waals surface area contributed by atoms with Gasteiger partial charge in [-0.25, -0.2) is 9.37 Å². The number of piperidine rings is 1. The highest BCUT2D eigenvalue weighted by molar-refractivity contribution is 5.73. The number of ether oxygens (including phenoxy) is 1. The number of para-hydroxylation sites is 1. The Morgan fingerprint density at radius 3 is 2.62 bits per heavy atom. The first kappa shape index (κ1) is 19.8. The fraction of sp³-hybridized carbons (Fsp3) is 0.500. The van der Waals surface area contributed by atoms with Gasteiger partial charge in [-0.3, -0.25) is 9.69 Å². The Morgan fingerprint density at radius 2 is 1.90 bits per heavy atom. The van der Waals surface area contributed by atoms with E-state index in [1.54, 1.807) is 31.2 Å². The van der Waals surface area contributed by atoms with Gasteiger partial charge in [0.15, 0.2) is 11.6 Å². The number of aryl methyl sites for hydroxylation is 1. The van der Waals surface area contributed by atoms with E-state index in [4.69, 9.17) is 4.74 Å². The molecule has 4 rings (SSSR count). The van der Waals surface area contributed by atoms with Crippen molar-refractivity contribution in [2.24, 2.45) is 0 Å². The van der Waals surface area contributed by atoms with E-state index in [1.165, 1.54) is 6.07 Å². The summed E-state index contributed by atoms with van der Waals surface area (Å²) < 4.78 is 19.7. The smallest absolute Gasteiger partial charge is 0.222 e. The van der Waals surface area contributed by atoms with Gasteiger partial charge in [-0.05, 0) is 51.3 Å². The van der Waals surface area contributed by atoms with Crippen molar-refractivity contribution >= 4 is 5.91 Å². The summed E-state index contributed by atoms with van der Waals surface area (Å²) in [6.45, 7) is 6.16. The number of carbonyl (C=O) groups excluding carboxylic acids is 1. The lowest BCUT2D eigenvalue weighted by Crippen LogP contribution is -2.46. The lowest BCUT2D eigenvalue weighted by atomic mass is 10.0. The molecular weight excluding hydrogens is 371 g/mol. The topological polar surface area (TPSA) is 58.6 Å².